The number of aliphatic hydroxyl groups is 1. The summed E-state index contributed by atoms with van der Waals surface area (Å²) < 4.78 is 52.7. The van der Waals surface area contributed by atoms with Crippen LogP contribution in [-0.2, 0) is 31.6 Å². The minimum Gasteiger partial charge on any atom is -0.390 e. The highest BCUT2D eigenvalue weighted by Crippen LogP contribution is 2.66. The number of phosphoric ester groups is 1. The first-order valence-corrected chi connectivity index (χ1v) is 13.0. The number of hydrogen-bond acceptors (Lipinski definition) is 13. The van der Waals surface area contributed by atoms with Crippen molar-refractivity contribution in [2.45, 2.75) is 25.4 Å². The molecule has 2 aromatic rings. The highest BCUT2D eigenvalue weighted by Gasteiger charge is 2.45. The molecule has 0 aromatic carbocycles. The van der Waals surface area contributed by atoms with E-state index in [-0.39, 0.29) is 22.9 Å². The van der Waals surface area contributed by atoms with Gasteiger partial charge in [-0.25, -0.2) is 18.7 Å². The molecule has 1 aliphatic heterocycles. The molecule has 2 aromatic heterocycles. The van der Waals surface area contributed by atoms with Gasteiger partial charge < -0.3 is 40.9 Å². The van der Waals surface area contributed by atoms with Gasteiger partial charge in [-0.1, -0.05) is 6.92 Å². The second-order valence-electron chi connectivity index (χ2n) is 6.59. The molecule has 2 unspecified atom stereocenters. The van der Waals surface area contributed by atoms with E-state index in [0.717, 1.165) is 0 Å². The summed E-state index contributed by atoms with van der Waals surface area (Å²) in [5.41, 5.74) is 11.8. The van der Waals surface area contributed by atoms with Crippen LogP contribution < -0.4 is 11.5 Å². The van der Waals surface area contributed by atoms with E-state index >= 15 is 0 Å². The molecule has 0 amide bonds. The first-order chi connectivity index (χ1) is 14.6. The summed E-state index contributed by atoms with van der Waals surface area (Å²) in [6, 6.07) is 0. The van der Waals surface area contributed by atoms with E-state index in [9.17, 15) is 23.7 Å². The van der Waals surface area contributed by atoms with Crippen molar-refractivity contribution in [2.75, 3.05) is 18.1 Å². The number of nitrogens with two attached hydrogens (primary N) is 2. The third kappa shape index (κ3) is 5.69. The van der Waals surface area contributed by atoms with Crippen LogP contribution in [0.15, 0.2) is 6.33 Å². The molecule has 18 nitrogen and oxygen atoms in total. The summed E-state index contributed by atoms with van der Waals surface area (Å²) in [4.78, 5) is 47.7. The second-order valence-corrected chi connectivity index (χ2v) is 11.0. The van der Waals surface area contributed by atoms with Crippen molar-refractivity contribution in [3.05, 3.63) is 6.33 Å². The van der Waals surface area contributed by atoms with E-state index in [1.165, 1.54) is 10.9 Å². The minimum absolute atomic E-state index is 0.0154. The zero-order chi connectivity index (χ0) is 24.1. The quantitative estimate of drug-likeness (QED) is 0.210. The van der Waals surface area contributed by atoms with Crippen LogP contribution in [-0.4, -0.2) is 63.0 Å². The molecule has 3 heterocycles. The Labute approximate surface area is 178 Å². The van der Waals surface area contributed by atoms with Gasteiger partial charge in [-0.15, -0.1) is 0 Å². The van der Waals surface area contributed by atoms with Gasteiger partial charge in [0.05, 0.1) is 19.0 Å². The molecule has 0 saturated carbocycles. The number of ether oxygens (including phenoxy) is 1. The first-order valence-electron chi connectivity index (χ1n) is 8.46. The Morgan fingerprint density at radius 1 is 1.12 bits per heavy atom. The number of imidazole rings is 1. The lowest BCUT2D eigenvalue weighted by Gasteiger charge is -2.19. The summed E-state index contributed by atoms with van der Waals surface area (Å²) in [7, 11) is -16.6. The van der Waals surface area contributed by atoms with Crippen molar-refractivity contribution in [3.63, 3.8) is 0 Å². The lowest BCUT2D eigenvalue weighted by Crippen LogP contribution is -2.29. The van der Waals surface area contributed by atoms with Crippen LogP contribution in [0.3, 0.4) is 0 Å². The van der Waals surface area contributed by atoms with Gasteiger partial charge >= 0.3 is 23.5 Å². The number of nitrogens with zero attached hydrogens (tertiary/aromatic N) is 4. The predicted octanol–water partition coefficient (Wildman–Crippen LogP) is -0.772. The Kier molecular flexibility index (Phi) is 6.81. The third-order valence-corrected chi connectivity index (χ3v) is 8.04. The smallest absolute Gasteiger partial charge is 0.390 e. The van der Waals surface area contributed by atoms with Crippen molar-refractivity contribution in [3.8, 4) is 0 Å². The molecule has 21 heteroatoms. The molecule has 0 aliphatic carbocycles. The Morgan fingerprint density at radius 2 is 1.78 bits per heavy atom. The molecule has 0 radical (unpaired) electrons. The molecule has 0 bridgehead atoms. The van der Waals surface area contributed by atoms with E-state index in [0.29, 0.717) is 0 Å². The number of hydrogen-bond donors (Lipinski definition) is 7. The number of fused-ring (bicyclic) bond motifs is 1. The number of nitrogen functional groups attached to an aromatic ring is 2. The zero-order valence-electron chi connectivity index (χ0n) is 16.0. The summed E-state index contributed by atoms with van der Waals surface area (Å²) in [6.45, 7) is 0.761. The third-order valence-electron chi connectivity index (χ3n) is 4.24. The molecule has 9 N–H and O–H groups in total. The zero-order valence-corrected chi connectivity index (χ0v) is 18.7. The summed E-state index contributed by atoms with van der Waals surface area (Å²) in [5.74, 6) is -0.756. The Hall–Kier alpha value is -1.52. The Balaban J connectivity index is 1.72. The standard InChI is InChI=1S/C11H19N6O12P3/c1-4-7(18)5(2-26-31(22,23)29-32(24,25)28-30(19,20)21)27-10(4)17-3-14-6-8(12)15-11(13)16-9(6)17/h3-5,7,10,18H,2H2,1H3,(H,22,23)(H,24,25)(H2,19,20,21)(H4,12,13,15,16)/t4-,5+,7-,10+/m0/s1. The maximum Gasteiger partial charge on any atom is 0.490 e. The molecular weight excluding hydrogens is 501 g/mol. The fraction of sp³-hybridized carbons (Fsp3) is 0.545. The molecule has 1 saturated heterocycles. The van der Waals surface area contributed by atoms with E-state index in [2.05, 4.69) is 28.1 Å². The van der Waals surface area contributed by atoms with Gasteiger partial charge in [0, 0.05) is 5.92 Å². The maximum absolute atomic E-state index is 11.9. The minimum atomic E-state index is -5.67. The van der Waals surface area contributed by atoms with E-state index in [1.807, 2.05) is 0 Å². The average Bonchev–Trinajstić information content (AvgIpc) is 3.12. The molecule has 6 atom stereocenters. The van der Waals surface area contributed by atoms with Gasteiger partial charge in [0.25, 0.3) is 0 Å². The van der Waals surface area contributed by atoms with Crippen LogP contribution in [0.25, 0.3) is 11.2 Å². The molecular formula is C11H19N6O12P3. The summed E-state index contributed by atoms with van der Waals surface area (Å²) in [5, 5.41) is 10.4. The van der Waals surface area contributed by atoms with Crippen molar-refractivity contribution < 1.29 is 56.3 Å². The molecule has 32 heavy (non-hydrogen) atoms. The van der Waals surface area contributed by atoms with Crippen molar-refractivity contribution in [2.24, 2.45) is 5.92 Å². The molecule has 1 aliphatic rings. The number of aliphatic hydroxyl groups excluding tert-OH is 1. The normalized spacial score (nSPS) is 27.9. The van der Waals surface area contributed by atoms with Crippen LogP contribution in [0.2, 0.25) is 0 Å². The lowest BCUT2D eigenvalue weighted by molar-refractivity contribution is -0.0438. The van der Waals surface area contributed by atoms with Crippen molar-refractivity contribution in [1.29, 1.82) is 0 Å². The molecule has 180 valence electrons. The van der Waals surface area contributed by atoms with Crippen LogP contribution >= 0.6 is 23.5 Å². The number of phosphoric acid groups is 3. The van der Waals surface area contributed by atoms with Crippen LogP contribution in [0, 0.1) is 5.92 Å². The Bertz CT molecular complexity index is 1150. The fourth-order valence-electron chi connectivity index (χ4n) is 2.96. The van der Waals surface area contributed by atoms with Gasteiger partial charge in [-0.05, 0) is 0 Å². The Morgan fingerprint density at radius 3 is 2.41 bits per heavy atom. The van der Waals surface area contributed by atoms with Gasteiger partial charge in [0.1, 0.15) is 17.8 Å². The van der Waals surface area contributed by atoms with Crippen molar-refractivity contribution in [1.82, 2.24) is 19.5 Å². The van der Waals surface area contributed by atoms with Gasteiger partial charge in [0.2, 0.25) is 5.95 Å². The molecule has 3 rings (SSSR count). The number of anilines is 2. The highest BCUT2D eigenvalue weighted by molar-refractivity contribution is 7.66. The summed E-state index contributed by atoms with van der Waals surface area (Å²) >= 11 is 0. The van der Waals surface area contributed by atoms with Crippen LogP contribution in [0.5, 0.6) is 0 Å². The SMILES string of the molecule is C[C@H]1[C@H](O)[C@@H](COP(=O)(O)OP(=O)(O)OP(=O)(O)O)O[C@H]1n1cnc2c(N)nc(N)nc21. The average molecular weight is 520 g/mol. The largest absolute Gasteiger partial charge is 0.490 e. The van der Waals surface area contributed by atoms with Crippen LogP contribution in [0.1, 0.15) is 13.2 Å². The monoisotopic (exact) mass is 520 g/mol. The van der Waals surface area contributed by atoms with Gasteiger partial charge in [-0.3, -0.25) is 9.09 Å². The number of aromatic nitrogens is 4. The van der Waals surface area contributed by atoms with E-state index in [1.54, 1.807) is 6.92 Å². The van der Waals surface area contributed by atoms with Gasteiger partial charge in [0.15, 0.2) is 11.5 Å². The first kappa shape index (κ1) is 25.1. The molecule has 1 fully saturated rings. The highest BCUT2D eigenvalue weighted by atomic mass is 31.3. The lowest BCUT2D eigenvalue weighted by atomic mass is 10.0. The van der Waals surface area contributed by atoms with Crippen LogP contribution in [0.4, 0.5) is 11.8 Å². The summed E-state index contributed by atoms with van der Waals surface area (Å²) in [6.07, 6.45) is -2.10. The predicted molar refractivity (Wildman–Crippen MR) is 103 cm³/mol. The number of rotatable bonds is 8. The maximum atomic E-state index is 11.9. The van der Waals surface area contributed by atoms with E-state index < -0.39 is 54.4 Å². The fourth-order valence-corrected chi connectivity index (χ4v) is 5.99. The topological polar surface area (TPSA) is 285 Å². The van der Waals surface area contributed by atoms with Gasteiger partial charge in [-0.2, -0.15) is 18.6 Å². The van der Waals surface area contributed by atoms with Crippen molar-refractivity contribution >= 4 is 46.4 Å². The second kappa shape index (κ2) is 8.68. The van der Waals surface area contributed by atoms with E-state index in [4.69, 9.17) is 30.9 Å². The molecule has 0 spiro atoms.